The summed E-state index contributed by atoms with van der Waals surface area (Å²) in [7, 11) is 0. The maximum atomic E-state index is 11.2. The topological polar surface area (TPSA) is 81.1 Å². The number of aromatic nitrogens is 1. The van der Waals surface area contributed by atoms with E-state index >= 15 is 0 Å². The van der Waals surface area contributed by atoms with Gasteiger partial charge in [-0.1, -0.05) is 6.07 Å². The van der Waals surface area contributed by atoms with Crippen molar-refractivity contribution in [2.45, 2.75) is 6.42 Å². The zero-order valence-corrected chi connectivity index (χ0v) is 8.36. The lowest BCUT2D eigenvalue weighted by Crippen LogP contribution is -2.03. The van der Waals surface area contributed by atoms with Crippen LogP contribution in [0.1, 0.15) is 5.56 Å². The molecule has 3 rings (SSSR count). The maximum absolute atomic E-state index is 11.2. The molecule has 1 aromatic heterocycles. The van der Waals surface area contributed by atoms with Gasteiger partial charge in [-0.3, -0.25) is 4.79 Å². The number of benzene rings is 1. The zero-order valence-electron chi connectivity index (χ0n) is 8.36. The van der Waals surface area contributed by atoms with Crippen LogP contribution in [0.3, 0.4) is 0 Å². The van der Waals surface area contributed by atoms with E-state index in [9.17, 15) is 4.79 Å². The third kappa shape index (κ3) is 1.33. The van der Waals surface area contributed by atoms with Crippen molar-refractivity contribution in [3.05, 3.63) is 30.0 Å². The molecule has 5 nitrogen and oxygen atoms in total. The van der Waals surface area contributed by atoms with Gasteiger partial charge in [0, 0.05) is 11.3 Å². The fraction of sp³-hybridized carbons (Fsp3) is 0.0909. The van der Waals surface area contributed by atoms with Gasteiger partial charge in [0.15, 0.2) is 0 Å². The maximum Gasteiger partial charge on any atom is 0.292 e. The van der Waals surface area contributed by atoms with E-state index < -0.39 is 0 Å². The monoisotopic (exact) mass is 215 g/mol. The van der Waals surface area contributed by atoms with Crippen molar-refractivity contribution < 1.29 is 9.21 Å². The average Bonchev–Trinajstić information content (AvgIpc) is 2.81. The van der Waals surface area contributed by atoms with E-state index in [0.717, 1.165) is 16.8 Å². The van der Waals surface area contributed by atoms with Gasteiger partial charge >= 0.3 is 0 Å². The Morgan fingerprint density at radius 3 is 3.06 bits per heavy atom. The minimum atomic E-state index is 0.0202. The zero-order chi connectivity index (χ0) is 11.1. The van der Waals surface area contributed by atoms with Crippen molar-refractivity contribution in [3.8, 4) is 11.3 Å². The van der Waals surface area contributed by atoms with Crippen LogP contribution in [0, 0.1) is 0 Å². The van der Waals surface area contributed by atoms with Crippen LogP contribution in [0.15, 0.2) is 28.9 Å². The summed E-state index contributed by atoms with van der Waals surface area (Å²) in [5, 5.41) is 2.77. The Bertz CT molecular complexity index is 574. The molecule has 0 fully saturated rings. The van der Waals surface area contributed by atoms with Gasteiger partial charge in [-0.2, -0.15) is 4.98 Å². The number of nitrogens with two attached hydrogens (primary N) is 1. The summed E-state index contributed by atoms with van der Waals surface area (Å²) >= 11 is 0. The molecule has 2 aromatic rings. The Balaban J connectivity index is 2.05. The van der Waals surface area contributed by atoms with E-state index in [0.29, 0.717) is 12.1 Å². The molecular weight excluding hydrogens is 206 g/mol. The average molecular weight is 215 g/mol. The molecule has 0 saturated carbocycles. The number of nitrogens with zero attached hydrogens (tertiary/aromatic N) is 1. The molecule has 2 heterocycles. The number of nitrogen functional groups attached to an aromatic ring is 1. The van der Waals surface area contributed by atoms with Gasteiger partial charge in [0.2, 0.25) is 5.91 Å². The number of anilines is 2. The first kappa shape index (κ1) is 8.96. The second kappa shape index (κ2) is 3.10. The minimum Gasteiger partial charge on any atom is -0.432 e. The molecule has 0 atom stereocenters. The molecule has 0 aliphatic carbocycles. The minimum absolute atomic E-state index is 0.0202. The Morgan fingerprint density at radius 1 is 1.44 bits per heavy atom. The number of carbonyl (C=O) groups excluding carboxylic acids is 1. The molecule has 1 aliphatic rings. The van der Waals surface area contributed by atoms with Crippen LogP contribution in [0.25, 0.3) is 11.3 Å². The van der Waals surface area contributed by atoms with Crippen LogP contribution in [-0.2, 0) is 11.2 Å². The Morgan fingerprint density at radius 2 is 2.31 bits per heavy atom. The third-order valence-corrected chi connectivity index (χ3v) is 2.55. The van der Waals surface area contributed by atoms with Crippen LogP contribution in [-0.4, -0.2) is 10.9 Å². The summed E-state index contributed by atoms with van der Waals surface area (Å²) in [6.07, 6.45) is 1.91. The first-order valence-electron chi connectivity index (χ1n) is 4.86. The van der Waals surface area contributed by atoms with E-state index in [-0.39, 0.29) is 11.9 Å². The molecule has 1 amide bonds. The molecule has 1 aliphatic heterocycles. The highest BCUT2D eigenvalue weighted by atomic mass is 16.4. The lowest BCUT2D eigenvalue weighted by Gasteiger charge is -2.00. The molecule has 0 bridgehead atoms. The van der Waals surface area contributed by atoms with E-state index in [4.69, 9.17) is 10.2 Å². The Kier molecular flexibility index (Phi) is 1.73. The molecule has 80 valence electrons. The number of hydrogen-bond donors (Lipinski definition) is 2. The van der Waals surface area contributed by atoms with Crippen molar-refractivity contribution in [1.82, 2.24) is 4.98 Å². The van der Waals surface area contributed by atoms with E-state index in [2.05, 4.69) is 10.3 Å². The van der Waals surface area contributed by atoms with Crippen LogP contribution < -0.4 is 11.1 Å². The molecule has 3 N–H and O–H groups in total. The highest BCUT2D eigenvalue weighted by Gasteiger charge is 2.18. The first-order valence-corrected chi connectivity index (χ1v) is 4.86. The Labute approximate surface area is 91.3 Å². The number of nitrogens with one attached hydrogen (secondary N) is 1. The summed E-state index contributed by atoms with van der Waals surface area (Å²) in [4.78, 5) is 15.2. The van der Waals surface area contributed by atoms with Crippen molar-refractivity contribution >= 4 is 17.6 Å². The SMILES string of the molecule is Nc1nc(-c2ccc3c(c2)CC(=O)N3)co1. The standard InChI is InChI=1S/C11H9N3O2/c12-11-14-9(5-16-11)6-1-2-8-7(3-6)4-10(15)13-8/h1-3,5H,4H2,(H2,12,14)(H,13,15). The van der Waals surface area contributed by atoms with E-state index in [1.807, 2.05) is 18.2 Å². The van der Waals surface area contributed by atoms with Gasteiger partial charge in [-0.05, 0) is 17.7 Å². The summed E-state index contributed by atoms with van der Waals surface area (Å²) in [6.45, 7) is 0. The highest BCUT2D eigenvalue weighted by molar-refractivity contribution is 5.99. The molecule has 5 heteroatoms. The highest BCUT2D eigenvalue weighted by Crippen LogP contribution is 2.28. The smallest absolute Gasteiger partial charge is 0.292 e. The fourth-order valence-electron chi connectivity index (χ4n) is 1.81. The number of fused-ring (bicyclic) bond motifs is 1. The molecular formula is C11H9N3O2. The van der Waals surface area contributed by atoms with Gasteiger partial charge in [-0.25, -0.2) is 0 Å². The summed E-state index contributed by atoms with van der Waals surface area (Å²) < 4.78 is 4.94. The van der Waals surface area contributed by atoms with Crippen molar-refractivity contribution in [3.63, 3.8) is 0 Å². The fourth-order valence-corrected chi connectivity index (χ4v) is 1.81. The second-order valence-electron chi connectivity index (χ2n) is 3.67. The molecule has 1 aromatic carbocycles. The molecule has 0 unspecified atom stereocenters. The van der Waals surface area contributed by atoms with Crippen molar-refractivity contribution in [1.29, 1.82) is 0 Å². The van der Waals surface area contributed by atoms with Crippen LogP contribution >= 0.6 is 0 Å². The largest absolute Gasteiger partial charge is 0.432 e. The summed E-state index contributed by atoms with van der Waals surface area (Å²) in [6, 6.07) is 5.80. The molecule has 0 radical (unpaired) electrons. The molecule has 0 spiro atoms. The van der Waals surface area contributed by atoms with Crippen LogP contribution in [0.2, 0.25) is 0 Å². The lowest BCUT2D eigenvalue weighted by atomic mass is 10.1. The predicted octanol–water partition coefficient (Wildman–Crippen LogP) is 1.42. The molecule has 16 heavy (non-hydrogen) atoms. The number of hydrogen-bond acceptors (Lipinski definition) is 4. The van der Waals surface area contributed by atoms with Gasteiger partial charge in [-0.15, -0.1) is 0 Å². The quantitative estimate of drug-likeness (QED) is 0.753. The van der Waals surface area contributed by atoms with Gasteiger partial charge in [0.1, 0.15) is 12.0 Å². The van der Waals surface area contributed by atoms with Crippen LogP contribution in [0.5, 0.6) is 0 Å². The van der Waals surface area contributed by atoms with E-state index in [1.165, 1.54) is 6.26 Å². The van der Waals surface area contributed by atoms with Crippen LogP contribution in [0.4, 0.5) is 11.7 Å². The van der Waals surface area contributed by atoms with Gasteiger partial charge < -0.3 is 15.5 Å². The summed E-state index contributed by atoms with van der Waals surface area (Å²) in [5.41, 5.74) is 8.83. The first-order chi connectivity index (χ1) is 7.72. The normalized spacial score (nSPS) is 13.6. The van der Waals surface area contributed by atoms with E-state index in [1.54, 1.807) is 0 Å². The number of oxazole rings is 1. The number of rotatable bonds is 1. The number of carbonyl (C=O) groups is 1. The second-order valence-corrected chi connectivity index (χ2v) is 3.67. The summed E-state index contributed by atoms with van der Waals surface area (Å²) in [5.74, 6) is 0.0202. The molecule has 0 saturated heterocycles. The number of amides is 1. The lowest BCUT2D eigenvalue weighted by molar-refractivity contribution is -0.115. The van der Waals surface area contributed by atoms with Crippen molar-refractivity contribution in [2.24, 2.45) is 0 Å². The third-order valence-electron chi connectivity index (χ3n) is 2.55. The Hall–Kier alpha value is -2.30. The van der Waals surface area contributed by atoms with Gasteiger partial charge in [0.25, 0.3) is 6.01 Å². The van der Waals surface area contributed by atoms with Crippen molar-refractivity contribution in [2.75, 3.05) is 11.1 Å². The predicted molar refractivity (Wildman–Crippen MR) is 58.7 cm³/mol. The van der Waals surface area contributed by atoms with Gasteiger partial charge in [0.05, 0.1) is 6.42 Å².